The molecule has 0 amide bonds. The zero-order valence-corrected chi connectivity index (χ0v) is 31.5. The summed E-state index contributed by atoms with van der Waals surface area (Å²) in [4.78, 5) is 37.1. The lowest BCUT2D eigenvalue weighted by atomic mass is 9.71. The van der Waals surface area contributed by atoms with Gasteiger partial charge < -0.3 is 9.84 Å². The van der Waals surface area contributed by atoms with Gasteiger partial charge in [0.2, 0.25) is 0 Å². The van der Waals surface area contributed by atoms with Gasteiger partial charge in [-0.2, -0.15) is 0 Å². The molecule has 1 N–H and O–H groups in total. The minimum Gasteiger partial charge on any atom is -0.454 e. The monoisotopic (exact) mass is 665 g/mol. The highest BCUT2D eigenvalue weighted by molar-refractivity contribution is 6.03. The fourth-order valence-corrected chi connectivity index (χ4v) is 5.81. The van der Waals surface area contributed by atoms with E-state index in [1.54, 1.807) is 13.3 Å². The van der Waals surface area contributed by atoms with Gasteiger partial charge in [0.1, 0.15) is 0 Å². The Labute approximate surface area is 295 Å². The molecule has 0 aliphatic heterocycles. The largest absolute Gasteiger partial charge is 0.454 e. The van der Waals surface area contributed by atoms with Gasteiger partial charge in [-0.1, -0.05) is 135 Å². The van der Waals surface area contributed by atoms with E-state index in [0.29, 0.717) is 12.0 Å². The van der Waals surface area contributed by atoms with Gasteiger partial charge in [-0.3, -0.25) is 14.4 Å². The number of hydrogen-bond donors (Lipinski definition) is 1. The van der Waals surface area contributed by atoms with E-state index < -0.39 is 18.2 Å². The first-order chi connectivity index (χ1) is 22.8. The molecule has 0 saturated heterocycles. The molecule has 0 fully saturated rings. The number of hydrogen-bond acceptors (Lipinski definition) is 5. The Bertz CT molecular complexity index is 1600. The highest BCUT2D eigenvalue weighted by Gasteiger charge is 2.40. The molecule has 0 spiro atoms. The number of carbonyl (C=O) groups is 3. The zero-order valence-electron chi connectivity index (χ0n) is 31.5. The first kappa shape index (κ1) is 41.1. The Balaban J connectivity index is 1.96. The summed E-state index contributed by atoms with van der Waals surface area (Å²) in [7, 11) is 0. The van der Waals surface area contributed by atoms with E-state index in [1.165, 1.54) is 6.92 Å². The Morgan fingerprint density at radius 3 is 1.71 bits per heavy atom. The molecule has 0 bridgehead atoms. The Morgan fingerprint density at radius 1 is 0.776 bits per heavy atom. The van der Waals surface area contributed by atoms with Crippen LogP contribution in [0, 0.1) is 17.3 Å². The number of esters is 1. The predicted octanol–water partition coefficient (Wildman–Crippen LogP) is 10.1. The molecule has 2 aliphatic rings. The van der Waals surface area contributed by atoms with Crippen LogP contribution in [0.1, 0.15) is 95.4 Å². The van der Waals surface area contributed by atoms with Crippen molar-refractivity contribution in [2.24, 2.45) is 10.8 Å². The van der Waals surface area contributed by atoms with Gasteiger partial charge in [0, 0.05) is 12.8 Å². The Morgan fingerprint density at radius 2 is 1.22 bits per heavy atom. The van der Waals surface area contributed by atoms with E-state index in [2.05, 4.69) is 64.2 Å². The van der Waals surface area contributed by atoms with Crippen LogP contribution in [-0.2, 0) is 19.1 Å². The maximum absolute atomic E-state index is 13.0. The highest BCUT2D eigenvalue weighted by atomic mass is 16.5. The van der Waals surface area contributed by atoms with Crippen molar-refractivity contribution < 1.29 is 24.2 Å². The number of allylic oxidation sites excluding steroid dienone is 21. The molecule has 2 aliphatic carbocycles. The van der Waals surface area contributed by atoms with Gasteiger partial charge in [0.25, 0.3) is 0 Å². The molecule has 2 atom stereocenters. The summed E-state index contributed by atoms with van der Waals surface area (Å²) in [5.74, 6) is -0.611. The second kappa shape index (κ2) is 18.6. The van der Waals surface area contributed by atoms with E-state index in [-0.39, 0.29) is 28.8 Å². The van der Waals surface area contributed by atoms with Crippen molar-refractivity contribution in [2.45, 2.75) is 108 Å². The summed E-state index contributed by atoms with van der Waals surface area (Å²) in [5, 5.41) is 9.45. The van der Waals surface area contributed by atoms with E-state index in [4.69, 9.17) is 4.74 Å². The molecule has 5 nitrogen and oxygen atoms in total. The van der Waals surface area contributed by atoms with Crippen molar-refractivity contribution in [3.63, 3.8) is 0 Å². The lowest BCUT2D eigenvalue weighted by Gasteiger charge is -2.36. The lowest BCUT2D eigenvalue weighted by molar-refractivity contribution is -0.157. The second-order valence-corrected chi connectivity index (χ2v) is 14.6. The van der Waals surface area contributed by atoms with Gasteiger partial charge in [-0.25, -0.2) is 0 Å². The number of carbonyl (C=O) groups excluding carboxylic acids is 3. The topological polar surface area (TPSA) is 80.7 Å². The summed E-state index contributed by atoms with van der Waals surface area (Å²) < 4.78 is 5.42. The van der Waals surface area contributed by atoms with Gasteiger partial charge >= 0.3 is 5.97 Å². The molecule has 49 heavy (non-hydrogen) atoms. The van der Waals surface area contributed by atoms with E-state index in [0.717, 1.165) is 45.4 Å². The molecular weight excluding hydrogens is 608 g/mol. The molecule has 263 valence electrons. The van der Waals surface area contributed by atoms with Crippen LogP contribution in [0.3, 0.4) is 0 Å². The molecule has 1 radical (unpaired) electrons. The average Bonchev–Trinajstić information content (AvgIpc) is 2.99. The van der Waals surface area contributed by atoms with Crippen molar-refractivity contribution in [2.75, 3.05) is 0 Å². The van der Waals surface area contributed by atoms with Crippen LogP contribution in [0.4, 0.5) is 0 Å². The van der Waals surface area contributed by atoms with Gasteiger partial charge in [0.15, 0.2) is 17.7 Å². The number of aliphatic hydroxyl groups excluding tert-OH is 1. The zero-order chi connectivity index (χ0) is 36.9. The number of rotatable bonds is 13. The summed E-state index contributed by atoms with van der Waals surface area (Å²) in [6.07, 6.45) is 29.8. The minimum atomic E-state index is -0.826. The number of ether oxygens (including phenoxy) is 1. The summed E-state index contributed by atoms with van der Waals surface area (Å²) in [6.45, 7) is 21.8. The molecule has 0 saturated carbocycles. The average molecular weight is 666 g/mol. The minimum absolute atomic E-state index is 0.0339. The number of Topliss-reactive ketones (excluding diaryl/α,β-unsaturated/α-hetero) is 2. The molecule has 2 rings (SSSR count). The van der Waals surface area contributed by atoms with Gasteiger partial charge in [-0.15, -0.1) is 0 Å². The van der Waals surface area contributed by atoms with Crippen LogP contribution in [0.15, 0.2) is 130 Å². The van der Waals surface area contributed by atoms with Gasteiger partial charge in [0.05, 0.1) is 12.5 Å². The Kier molecular flexibility index (Phi) is 15.6. The van der Waals surface area contributed by atoms with Crippen molar-refractivity contribution in [1.82, 2.24) is 0 Å². The van der Waals surface area contributed by atoms with E-state index in [1.807, 2.05) is 83.2 Å². The van der Waals surface area contributed by atoms with Crippen molar-refractivity contribution in [3.05, 3.63) is 136 Å². The quantitative estimate of drug-likeness (QED) is 0.156. The summed E-state index contributed by atoms with van der Waals surface area (Å²) in [6, 6.07) is 0. The Hall–Kier alpha value is -4.09. The third-order valence-corrected chi connectivity index (χ3v) is 8.82. The van der Waals surface area contributed by atoms with Crippen molar-refractivity contribution >= 4 is 17.5 Å². The van der Waals surface area contributed by atoms with Crippen LogP contribution in [0.5, 0.6) is 0 Å². The predicted molar refractivity (Wildman–Crippen MR) is 203 cm³/mol. The van der Waals surface area contributed by atoms with Crippen LogP contribution >= 0.6 is 0 Å². The first-order valence-corrected chi connectivity index (χ1v) is 17.1. The molecule has 0 aromatic heterocycles. The molecule has 0 heterocycles. The van der Waals surface area contributed by atoms with E-state index >= 15 is 0 Å². The molecule has 5 heteroatoms. The number of ketones is 2. The van der Waals surface area contributed by atoms with Crippen LogP contribution < -0.4 is 0 Å². The molecule has 0 unspecified atom stereocenters. The smallest absolute Gasteiger partial charge is 0.309 e. The number of aliphatic hydroxyl groups is 1. The SMILES string of the molecule is CC1=C(/C=C/C(C)=C/C=C/C(C)=C/C=C/C=C(C)/C=C/C=C(C)/C=C/C2=C(C)C(=O)[C@@H](OC(=O)C[C@@H](C)O)CC2(C)C)C(C)(C)C[CH]C1=O. The van der Waals surface area contributed by atoms with E-state index in [9.17, 15) is 19.5 Å². The molecule has 0 aromatic carbocycles. The molecule has 0 aromatic rings. The molecular formula is C44H57O5. The maximum Gasteiger partial charge on any atom is 0.309 e. The fourth-order valence-electron chi connectivity index (χ4n) is 5.81. The van der Waals surface area contributed by atoms with Crippen molar-refractivity contribution in [3.8, 4) is 0 Å². The van der Waals surface area contributed by atoms with Crippen LogP contribution in [-0.4, -0.2) is 34.9 Å². The van der Waals surface area contributed by atoms with Crippen molar-refractivity contribution in [1.29, 1.82) is 0 Å². The lowest BCUT2D eigenvalue weighted by Crippen LogP contribution is -2.39. The second-order valence-electron chi connectivity index (χ2n) is 14.6. The third kappa shape index (κ3) is 13.4. The standard InChI is InChI=1S/C44H57O5/c1-30(18-14-20-32(3)22-24-37-35(6)39(46)26-27-43(37,8)9)16-12-13-17-31(2)19-15-21-33(4)23-25-38-36(7)42(48)40(29-44(38,10)11)49-41(47)28-34(5)45/h12-26,34,40,45H,27-29H2,1-11H3/b13-12+,18-14+,19-15+,24-22+,25-23+,30-16+,31-17+,32-20+,33-21+/t34-,40+/m1/s1. The first-order valence-electron chi connectivity index (χ1n) is 17.1. The summed E-state index contributed by atoms with van der Waals surface area (Å²) in [5.41, 5.74) is 7.48. The normalized spacial score (nSPS) is 22.2. The van der Waals surface area contributed by atoms with Crippen LogP contribution in [0.25, 0.3) is 0 Å². The fraction of sp³-hybridized carbons (Fsp3) is 0.409. The third-order valence-electron chi connectivity index (χ3n) is 8.82. The van der Waals surface area contributed by atoms with Crippen LogP contribution in [0.2, 0.25) is 0 Å². The van der Waals surface area contributed by atoms with Gasteiger partial charge in [-0.05, 0) is 88.0 Å². The maximum atomic E-state index is 13.0. The summed E-state index contributed by atoms with van der Waals surface area (Å²) >= 11 is 0. The highest BCUT2D eigenvalue weighted by Crippen LogP contribution is 2.41.